The third kappa shape index (κ3) is 6.79. The number of nitrogens with zero attached hydrogens (tertiary/aromatic N) is 3. The Bertz CT molecular complexity index is 1310. The molecule has 2 aromatic carbocycles. The van der Waals surface area contributed by atoms with Gasteiger partial charge in [-0.15, -0.1) is 11.8 Å². The molecular weight excluding hydrogens is 500 g/mol. The minimum atomic E-state index is -0.174. The van der Waals surface area contributed by atoms with Crippen LogP contribution in [-0.2, 0) is 11.2 Å². The molecule has 0 bridgehead atoms. The molecule has 1 N–H and O–H groups in total. The number of nitrogens with one attached hydrogen (secondary N) is 1. The van der Waals surface area contributed by atoms with E-state index >= 15 is 0 Å². The van der Waals surface area contributed by atoms with Crippen molar-refractivity contribution < 1.29 is 9.59 Å². The quantitative estimate of drug-likeness (QED) is 0.358. The van der Waals surface area contributed by atoms with E-state index < -0.39 is 0 Å². The molecule has 2 heterocycles. The summed E-state index contributed by atoms with van der Waals surface area (Å²) in [5.74, 6) is 0.614. The predicted molar refractivity (Wildman–Crippen MR) is 150 cm³/mol. The van der Waals surface area contributed by atoms with E-state index in [-0.39, 0.29) is 23.1 Å². The number of thiazole rings is 1. The highest BCUT2D eigenvalue weighted by Crippen LogP contribution is 2.32. The standard InChI is InChI=1S/C29H32N4O2S2/c1-19-5-6-21(15-24(19)27(35)33-13-11-20(16-30)12-14-33)18-36-25-17-31-28(37-25)32-26(34)22-7-9-23(10-8-22)29(2,3)4/h5-10,15,17,20H,11-14,18H2,1-4H3,(H,31,32,34). The lowest BCUT2D eigenvalue weighted by Crippen LogP contribution is -2.38. The Hall–Kier alpha value is -3.15. The number of amides is 2. The average Bonchev–Trinajstić information content (AvgIpc) is 3.34. The van der Waals surface area contributed by atoms with Crippen LogP contribution < -0.4 is 5.32 Å². The van der Waals surface area contributed by atoms with E-state index in [1.807, 2.05) is 54.3 Å². The van der Waals surface area contributed by atoms with E-state index in [1.54, 1.807) is 18.0 Å². The number of nitriles is 1. The SMILES string of the molecule is Cc1ccc(CSc2cnc(NC(=O)c3ccc(C(C)(C)C)cc3)s2)cc1C(=O)N1CCC(C#N)CC1. The number of likely N-dealkylation sites (tertiary alicyclic amines) is 1. The van der Waals surface area contributed by atoms with Crippen molar-refractivity contribution in [3.8, 4) is 6.07 Å². The number of aryl methyl sites for hydroxylation is 1. The van der Waals surface area contributed by atoms with Gasteiger partial charge in [-0.25, -0.2) is 4.98 Å². The maximum atomic E-state index is 13.1. The monoisotopic (exact) mass is 532 g/mol. The largest absolute Gasteiger partial charge is 0.339 e. The average molecular weight is 533 g/mol. The highest BCUT2D eigenvalue weighted by Gasteiger charge is 2.24. The van der Waals surface area contributed by atoms with Crippen molar-refractivity contribution >= 4 is 40.0 Å². The Morgan fingerprint density at radius 3 is 2.51 bits per heavy atom. The fourth-order valence-corrected chi connectivity index (χ4v) is 6.01. The molecule has 1 saturated heterocycles. The number of aromatic nitrogens is 1. The van der Waals surface area contributed by atoms with Crippen molar-refractivity contribution in [1.82, 2.24) is 9.88 Å². The van der Waals surface area contributed by atoms with Gasteiger partial charge in [-0.2, -0.15) is 5.26 Å². The van der Waals surface area contributed by atoms with Crippen LogP contribution in [-0.4, -0.2) is 34.8 Å². The molecule has 1 aromatic heterocycles. The van der Waals surface area contributed by atoms with E-state index in [1.165, 1.54) is 16.9 Å². The summed E-state index contributed by atoms with van der Waals surface area (Å²) in [4.78, 5) is 32.0. The first-order valence-electron chi connectivity index (χ1n) is 12.4. The van der Waals surface area contributed by atoms with Gasteiger partial charge in [0.25, 0.3) is 11.8 Å². The second-order valence-electron chi connectivity index (χ2n) is 10.4. The lowest BCUT2D eigenvalue weighted by molar-refractivity contribution is 0.0706. The van der Waals surface area contributed by atoms with E-state index in [0.717, 1.165) is 33.7 Å². The molecule has 0 saturated carbocycles. The highest BCUT2D eigenvalue weighted by atomic mass is 32.2. The van der Waals surface area contributed by atoms with E-state index in [4.69, 9.17) is 5.26 Å². The molecule has 37 heavy (non-hydrogen) atoms. The van der Waals surface area contributed by atoms with Gasteiger partial charge in [-0.05, 0) is 60.1 Å². The molecule has 0 atom stereocenters. The summed E-state index contributed by atoms with van der Waals surface area (Å²) in [5, 5.41) is 12.6. The summed E-state index contributed by atoms with van der Waals surface area (Å²) in [6, 6.07) is 16.0. The van der Waals surface area contributed by atoms with Crippen LogP contribution in [0.2, 0.25) is 0 Å². The summed E-state index contributed by atoms with van der Waals surface area (Å²) in [5.41, 5.74) is 4.57. The Morgan fingerprint density at radius 1 is 1.16 bits per heavy atom. The molecular formula is C29H32N4O2S2. The molecule has 0 aliphatic carbocycles. The number of hydrogen-bond donors (Lipinski definition) is 1. The van der Waals surface area contributed by atoms with Crippen LogP contribution in [0, 0.1) is 24.2 Å². The number of hydrogen-bond acceptors (Lipinski definition) is 6. The molecule has 0 unspecified atom stereocenters. The normalized spacial score (nSPS) is 14.3. The summed E-state index contributed by atoms with van der Waals surface area (Å²) < 4.78 is 0.991. The maximum Gasteiger partial charge on any atom is 0.257 e. The Balaban J connectivity index is 1.34. The second-order valence-corrected chi connectivity index (χ2v) is 12.7. The van der Waals surface area contributed by atoms with Gasteiger partial charge in [0.15, 0.2) is 5.13 Å². The molecule has 192 valence electrons. The molecule has 1 aliphatic heterocycles. The number of rotatable bonds is 6. The highest BCUT2D eigenvalue weighted by molar-refractivity contribution is 8.00. The summed E-state index contributed by atoms with van der Waals surface area (Å²) in [6.45, 7) is 9.66. The summed E-state index contributed by atoms with van der Waals surface area (Å²) >= 11 is 3.07. The number of carbonyl (C=O) groups is 2. The molecule has 4 rings (SSSR count). The summed E-state index contributed by atoms with van der Waals surface area (Å²) in [6.07, 6.45) is 3.25. The van der Waals surface area contributed by atoms with Crippen LogP contribution in [0.5, 0.6) is 0 Å². The molecule has 0 spiro atoms. The molecule has 2 amide bonds. The van der Waals surface area contributed by atoms with Gasteiger partial charge in [0.05, 0.1) is 16.5 Å². The zero-order valence-corrected chi connectivity index (χ0v) is 23.3. The van der Waals surface area contributed by atoms with Gasteiger partial charge in [0, 0.05) is 35.9 Å². The van der Waals surface area contributed by atoms with Crippen LogP contribution in [0.1, 0.15) is 71.0 Å². The van der Waals surface area contributed by atoms with Crippen LogP contribution in [0.4, 0.5) is 5.13 Å². The minimum absolute atomic E-state index is 0.0388. The summed E-state index contributed by atoms with van der Waals surface area (Å²) in [7, 11) is 0. The van der Waals surface area contributed by atoms with Gasteiger partial charge in [0.1, 0.15) is 0 Å². The van der Waals surface area contributed by atoms with Gasteiger partial charge in [-0.3, -0.25) is 14.9 Å². The molecule has 8 heteroatoms. The number of carbonyl (C=O) groups excluding carboxylic acids is 2. The van der Waals surface area contributed by atoms with Crippen LogP contribution in [0.15, 0.2) is 52.9 Å². The fraction of sp³-hybridized carbons (Fsp3) is 0.379. The minimum Gasteiger partial charge on any atom is -0.339 e. The lowest BCUT2D eigenvalue weighted by Gasteiger charge is -2.29. The zero-order valence-electron chi connectivity index (χ0n) is 21.7. The molecule has 0 radical (unpaired) electrons. The number of thioether (sulfide) groups is 1. The Kier molecular flexibility index (Phi) is 8.35. The Labute approximate surface area is 227 Å². The van der Waals surface area contributed by atoms with E-state index in [9.17, 15) is 9.59 Å². The van der Waals surface area contributed by atoms with Crippen molar-refractivity contribution in [3.05, 3.63) is 76.5 Å². The first-order valence-corrected chi connectivity index (χ1v) is 14.2. The van der Waals surface area contributed by atoms with Gasteiger partial charge < -0.3 is 4.90 Å². The molecule has 1 fully saturated rings. The number of benzene rings is 2. The van der Waals surface area contributed by atoms with Crippen LogP contribution >= 0.6 is 23.1 Å². The predicted octanol–water partition coefficient (Wildman–Crippen LogP) is 6.67. The van der Waals surface area contributed by atoms with Crippen molar-refractivity contribution in [2.75, 3.05) is 18.4 Å². The Morgan fingerprint density at radius 2 is 1.86 bits per heavy atom. The van der Waals surface area contributed by atoms with Crippen LogP contribution in [0.3, 0.4) is 0 Å². The molecule has 6 nitrogen and oxygen atoms in total. The number of anilines is 1. The third-order valence-corrected chi connectivity index (χ3v) is 8.77. The van der Waals surface area contributed by atoms with Crippen molar-refractivity contribution in [2.24, 2.45) is 5.92 Å². The van der Waals surface area contributed by atoms with Gasteiger partial charge >= 0.3 is 0 Å². The lowest BCUT2D eigenvalue weighted by atomic mass is 9.87. The third-order valence-electron chi connectivity index (χ3n) is 6.60. The smallest absolute Gasteiger partial charge is 0.257 e. The topological polar surface area (TPSA) is 86.1 Å². The first-order chi connectivity index (χ1) is 17.6. The van der Waals surface area contributed by atoms with Crippen molar-refractivity contribution in [1.29, 1.82) is 5.26 Å². The second kappa shape index (κ2) is 11.5. The van der Waals surface area contributed by atoms with E-state index in [0.29, 0.717) is 29.5 Å². The first kappa shape index (κ1) is 26.9. The van der Waals surface area contributed by atoms with Crippen molar-refractivity contribution in [3.63, 3.8) is 0 Å². The maximum absolute atomic E-state index is 13.1. The van der Waals surface area contributed by atoms with Gasteiger partial charge in [-0.1, -0.05) is 56.4 Å². The zero-order chi connectivity index (χ0) is 26.6. The van der Waals surface area contributed by atoms with Crippen molar-refractivity contribution in [2.45, 2.75) is 55.9 Å². The van der Waals surface area contributed by atoms with Crippen LogP contribution in [0.25, 0.3) is 0 Å². The van der Waals surface area contributed by atoms with Gasteiger partial charge in [0.2, 0.25) is 0 Å². The number of piperidine rings is 1. The fourth-order valence-electron chi connectivity index (χ4n) is 4.20. The molecule has 1 aliphatic rings. The molecule has 3 aromatic rings. The van der Waals surface area contributed by atoms with E-state index in [2.05, 4.69) is 37.1 Å².